The van der Waals surface area contributed by atoms with Crippen LogP contribution in [-0.2, 0) is 6.54 Å². The molecule has 5 nitrogen and oxygen atoms in total. The van der Waals surface area contributed by atoms with Gasteiger partial charge in [-0.1, -0.05) is 22.9 Å². The summed E-state index contributed by atoms with van der Waals surface area (Å²) in [6, 6.07) is 5.11. The van der Waals surface area contributed by atoms with Crippen molar-refractivity contribution in [3.8, 4) is 0 Å². The molecule has 2 unspecified atom stereocenters. The summed E-state index contributed by atoms with van der Waals surface area (Å²) in [5.74, 6) is 0.302. The minimum Gasteiger partial charge on any atom is -0.392 e. The number of hydrogen-bond donors (Lipinski definition) is 1. The lowest BCUT2D eigenvalue weighted by atomic mass is 9.95. The minimum atomic E-state index is -0.358. The predicted molar refractivity (Wildman–Crippen MR) is 75.9 cm³/mol. The van der Waals surface area contributed by atoms with E-state index in [4.69, 9.17) is 0 Å². The summed E-state index contributed by atoms with van der Waals surface area (Å²) < 4.78 is 0.704. The van der Waals surface area contributed by atoms with Gasteiger partial charge in [-0.3, -0.25) is 15.0 Å². The Morgan fingerprint density at radius 3 is 2.95 bits per heavy atom. The molecule has 0 bridgehead atoms. The summed E-state index contributed by atoms with van der Waals surface area (Å²) in [6.45, 7) is 3.98. The molecular weight excluding hydrogens is 312 g/mol. The fourth-order valence-corrected chi connectivity index (χ4v) is 2.69. The maximum absolute atomic E-state index is 11.0. The van der Waals surface area contributed by atoms with Gasteiger partial charge in [0.25, 0.3) is 5.69 Å². The average molecular weight is 329 g/mol. The minimum absolute atomic E-state index is 0.127. The maximum Gasteiger partial charge on any atom is 0.275 e. The van der Waals surface area contributed by atoms with Crippen LogP contribution in [-0.4, -0.2) is 34.1 Å². The second-order valence-electron chi connectivity index (χ2n) is 5.10. The molecule has 1 heterocycles. The van der Waals surface area contributed by atoms with Gasteiger partial charge in [0, 0.05) is 29.2 Å². The highest BCUT2D eigenvalue weighted by Crippen LogP contribution is 2.26. The van der Waals surface area contributed by atoms with Crippen molar-refractivity contribution in [3.63, 3.8) is 0 Å². The summed E-state index contributed by atoms with van der Waals surface area (Å²) in [4.78, 5) is 12.8. The molecule has 0 aromatic heterocycles. The van der Waals surface area contributed by atoms with E-state index < -0.39 is 0 Å². The standard InChI is InChI=1S/C13H17BrN2O3/c1-9-4-5-15(8-13(9)17)7-10-2-3-11(14)6-12(10)16(18)19/h2-3,6,9,13,17H,4-5,7-8H2,1H3. The van der Waals surface area contributed by atoms with Crippen LogP contribution in [0.25, 0.3) is 0 Å². The van der Waals surface area contributed by atoms with Crippen LogP contribution in [0.4, 0.5) is 5.69 Å². The Bertz CT molecular complexity index is 481. The number of nitro groups is 1. The monoisotopic (exact) mass is 328 g/mol. The Labute approximate surface area is 120 Å². The third-order valence-electron chi connectivity index (χ3n) is 3.64. The lowest BCUT2D eigenvalue weighted by Crippen LogP contribution is -2.42. The quantitative estimate of drug-likeness (QED) is 0.684. The zero-order valence-corrected chi connectivity index (χ0v) is 12.3. The largest absolute Gasteiger partial charge is 0.392 e. The molecule has 0 amide bonds. The van der Waals surface area contributed by atoms with Crippen LogP contribution >= 0.6 is 15.9 Å². The van der Waals surface area contributed by atoms with Gasteiger partial charge < -0.3 is 5.11 Å². The Balaban J connectivity index is 2.13. The van der Waals surface area contributed by atoms with E-state index in [9.17, 15) is 15.2 Å². The highest BCUT2D eigenvalue weighted by Gasteiger charge is 2.26. The molecule has 0 aliphatic carbocycles. The number of hydrogen-bond acceptors (Lipinski definition) is 4. The van der Waals surface area contributed by atoms with Crippen molar-refractivity contribution in [3.05, 3.63) is 38.3 Å². The first-order valence-electron chi connectivity index (χ1n) is 6.30. The van der Waals surface area contributed by atoms with Crippen LogP contribution in [0.5, 0.6) is 0 Å². The topological polar surface area (TPSA) is 66.6 Å². The van der Waals surface area contributed by atoms with Crippen molar-refractivity contribution in [1.82, 2.24) is 4.90 Å². The summed E-state index contributed by atoms with van der Waals surface area (Å²) in [7, 11) is 0. The van der Waals surface area contributed by atoms with E-state index in [0.717, 1.165) is 13.0 Å². The Morgan fingerprint density at radius 1 is 1.58 bits per heavy atom. The van der Waals surface area contributed by atoms with E-state index >= 15 is 0 Å². The molecule has 1 aliphatic heterocycles. The predicted octanol–water partition coefficient (Wildman–Crippen LogP) is 2.56. The van der Waals surface area contributed by atoms with E-state index in [-0.39, 0.29) is 16.7 Å². The van der Waals surface area contributed by atoms with Crippen LogP contribution in [0.3, 0.4) is 0 Å². The number of benzene rings is 1. The third kappa shape index (κ3) is 3.52. The molecule has 19 heavy (non-hydrogen) atoms. The Kier molecular flexibility index (Phi) is 4.54. The molecule has 1 aromatic rings. The van der Waals surface area contributed by atoms with Gasteiger partial charge in [-0.25, -0.2) is 0 Å². The molecule has 1 aliphatic rings. The number of β-amino-alcohol motifs (C(OH)–C–C–N with tert-alkyl or cyclic N) is 1. The first kappa shape index (κ1) is 14.4. The van der Waals surface area contributed by atoms with Crippen molar-refractivity contribution in [1.29, 1.82) is 0 Å². The number of halogens is 1. The highest BCUT2D eigenvalue weighted by molar-refractivity contribution is 9.10. The molecule has 1 fully saturated rings. The van der Waals surface area contributed by atoms with E-state index in [2.05, 4.69) is 20.8 Å². The van der Waals surface area contributed by atoms with Crippen LogP contribution in [0.1, 0.15) is 18.9 Å². The molecule has 2 rings (SSSR count). The fraction of sp³-hybridized carbons (Fsp3) is 0.538. The number of aliphatic hydroxyl groups is 1. The SMILES string of the molecule is CC1CCN(Cc2ccc(Br)cc2[N+](=O)[O-])CC1O. The lowest BCUT2D eigenvalue weighted by Gasteiger charge is -2.34. The van der Waals surface area contributed by atoms with Crippen LogP contribution in [0, 0.1) is 16.0 Å². The average Bonchev–Trinajstić information content (AvgIpc) is 2.36. The molecule has 2 atom stereocenters. The molecular formula is C13H17BrN2O3. The second-order valence-corrected chi connectivity index (χ2v) is 6.01. The highest BCUT2D eigenvalue weighted by atomic mass is 79.9. The van der Waals surface area contributed by atoms with Gasteiger partial charge in [-0.05, 0) is 31.0 Å². The molecule has 0 saturated carbocycles. The summed E-state index contributed by atoms with van der Waals surface area (Å²) >= 11 is 3.25. The number of aliphatic hydroxyl groups excluding tert-OH is 1. The van der Waals surface area contributed by atoms with Crippen LogP contribution < -0.4 is 0 Å². The zero-order valence-electron chi connectivity index (χ0n) is 10.8. The fourth-order valence-electron chi connectivity index (χ4n) is 2.34. The molecule has 1 N–H and O–H groups in total. The first-order valence-corrected chi connectivity index (χ1v) is 7.10. The summed E-state index contributed by atoms with van der Waals surface area (Å²) in [5, 5.41) is 20.9. The van der Waals surface area contributed by atoms with Crippen molar-refractivity contribution < 1.29 is 10.0 Å². The van der Waals surface area contributed by atoms with Crippen molar-refractivity contribution in [2.45, 2.75) is 26.0 Å². The van der Waals surface area contributed by atoms with Crippen molar-refractivity contribution in [2.75, 3.05) is 13.1 Å². The van der Waals surface area contributed by atoms with Gasteiger partial charge in [0.2, 0.25) is 0 Å². The van der Waals surface area contributed by atoms with E-state index in [1.165, 1.54) is 6.07 Å². The lowest BCUT2D eigenvalue weighted by molar-refractivity contribution is -0.385. The van der Waals surface area contributed by atoms with Gasteiger partial charge >= 0.3 is 0 Å². The number of nitrogens with zero attached hydrogens (tertiary/aromatic N) is 2. The summed E-state index contributed by atoms with van der Waals surface area (Å²) in [6.07, 6.45) is 0.578. The molecule has 104 valence electrons. The van der Waals surface area contributed by atoms with Crippen LogP contribution in [0.15, 0.2) is 22.7 Å². The molecule has 0 radical (unpaired) electrons. The molecule has 0 spiro atoms. The van der Waals surface area contributed by atoms with Gasteiger partial charge in [-0.15, -0.1) is 0 Å². The van der Waals surface area contributed by atoms with Gasteiger partial charge in [0.05, 0.1) is 11.0 Å². The molecule has 6 heteroatoms. The Morgan fingerprint density at radius 2 is 2.32 bits per heavy atom. The van der Waals surface area contributed by atoms with Crippen LogP contribution in [0.2, 0.25) is 0 Å². The van der Waals surface area contributed by atoms with Gasteiger partial charge in [0.15, 0.2) is 0 Å². The number of nitro benzene ring substituents is 1. The number of rotatable bonds is 3. The first-order chi connectivity index (χ1) is 8.97. The van der Waals surface area contributed by atoms with Crippen molar-refractivity contribution in [2.24, 2.45) is 5.92 Å². The maximum atomic E-state index is 11.0. The molecule has 1 aromatic carbocycles. The third-order valence-corrected chi connectivity index (χ3v) is 4.13. The van der Waals surface area contributed by atoms with E-state index in [1.54, 1.807) is 6.07 Å². The number of piperidine rings is 1. The van der Waals surface area contributed by atoms with Gasteiger partial charge in [0.1, 0.15) is 0 Å². The van der Waals surface area contributed by atoms with Crippen molar-refractivity contribution >= 4 is 21.6 Å². The Hall–Kier alpha value is -0.980. The van der Waals surface area contributed by atoms with Gasteiger partial charge in [-0.2, -0.15) is 0 Å². The smallest absolute Gasteiger partial charge is 0.275 e. The number of likely N-dealkylation sites (tertiary alicyclic amines) is 1. The van der Waals surface area contributed by atoms with E-state index in [0.29, 0.717) is 29.0 Å². The normalized spacial score (nSPS) is 24.4. The van der Waals surface area contributed by atoms with E-state index in [1.807, 2.05) is 13.0 Å². The second kappa shape index (κ2) is 5.98. The summed E-state index contributed by atoms with van der Waals surface area (Å²) in [5.41, 5.74) is 0.817. The zero-order chi connectivity index (χ0) is 14.0. The molecule has 1 saturated heterocycles.